The monoisotopic (exact) mass is 615 g/mol. The van der Waals surface area contributed by atoms with E-state index in [1.165, 1.54) is 44.1 Å². The first-order valence-electron chi connectivity index (χ1n) is 15.9. The van der Waals surface area contributed by atoms with Crippen molar-refractivity contribution >= 4 is 28.7 Å². The zero-order valence-corrected chi connectivity index (χ0v) is 25.7. The lowest BCUT2D eigenvalue weighted by molar-refractivity contribution is -0.139. The molecule has 4 fully saturated rings. The van der Waals surface area contributed by atoms with Crippen molar-refractivity contribution in [2.45, 2.75) is 62.8 Å². The summed E-state index contributed by atoms with van der Waals surface area (Å²) in [5, 5.41) is 1.92. The lowest BCUT2D eigenvalue weighted by atomic mass is 9.48. The molecule has 9 nitrogen and oxygen atoms in total. The van der Waals surface area contributed by atoms with Crippen molar-refractivity contribution in [3.05, 3.63) is 71.8 Å². The first-order valence-corrected chi connectivity index (χ1v) is 15.9. The molecule has 4 aliphatic rings. The van der Waals surface area contributed by atoms with Gasteiger partial charge in [-0.3, -0.25) is 4.79 Å². The van der Waals surface area contributed by atoms with E-state index in [0.717, 1.165) is 34.3 Å². The molecule has 0 spiro atoms. The largest absolute Gasteiger partial charge is 0.467 e. The van der Waals surface area contributed by atoms with Crippen LogP contribution in [0.1, 0.15) is 67.3 Å². The van der Waals surface area contributed by atoms with E-state index in [1.54, 1.807) is 43.5 Å². The molecule has 2 N–H and O–H groups in total. The maximum absolute atomic E-state index is 12.8. The summed E-state index contributed by atoms with van der Waals surface area (Å²) < 4.78 is 27.5. The molecule has 0 aromatic heterocycles. The van der Waals surface area contributed by atoms with Gasteiger partial charge in [-0.15, -0.1) is 0 Å². The summed E-state index contributed by atoms with van der Waals surface area (Å²) in [5.41, 5.74) is 7.62. The Hall–Kier alpha value is -3.79. The Bertz CT molecular complexity index is 1500. The molecule has 4 bridgehead atoms. The van der Waals surface area contributed by atoms with Gasteiger partial charge in [0.25, 0.3) is 0 Å². The van der Waals surface area contributed by atoms with Crippen LogP contribution >= 0.6 is 0 Å². The second-order valence-electron chi connectivity index (χ2n) is 12.9. The van der Waals surface area contributed by atoms with Gasteiger partial charge in [0.15, 0.2) is 6.79 Å². The van der Waals surface area contributed by atoms with Gasteiger partial charge < -0.3 is 29.4 Å². The van der Waals surface area contributed by atoms with Gasteiger partial charge in [0.05, 0.1) is 18.8 Å². The van der Waals surface area contributed by atoms with Crippen LogP contribution in [0.2, 0.25) is 0 Å². The maximum Gasteiger partial charge on any atom is 0.345 e. The molecular weight excluding hydrogens is 574 g/mol. The average Bonchev–Trinajstić information content (AvgIpc) is 3.03. The van der Waals surface area contributed by atoms with Crippen molar-refractivity contribution in [1.29, 1.82) is 0 Å². The van der Waals surface area contributed by atoms with Gasteiger partial charge in [0.2, 0.25) is 0 Å². The Kier molecular flexibility index (Phi) is 9.49. The van der Waals surface area contributed by atoms with E-state index in [9.17, 15) is 14.4 Å². The van der Waals surface area contributed by atoms with Gasteiger partial charge in [-0.1, -0.05) is 24.3 Å². The highest BCUT2D eigenvalue weighted by Gasteiger charge is 2.52. The highest BCUT2D eigenvalue weighted by Crippen LogP contribution is 2.62. The Morgan fingerprint density at radius 1 is 0.889 bits per heavy atom. The second-order valence-corrected chi connectivity index (χ2v) is 12.9. The van der Waals surface area contributed by atoms with E-state index in [4.69, 9.17) is 29.4 Å². The Balaban J connectivity index is 1.14. The number of esters is 3. The number of benzene rings is 3. The summed E-state index contributed by atoms with van der Waals surface area (Å²) in [6, 6.07) is 16.9. The third kappa shape index (κ3) is 7.21. The molecule has 0 amide bonds. The fourth-order valence-corrected chi connectivity index (χ4v) is 7.97. The number of carbonyl (C=O) groups excluding carboxylic acids is 3. The minimum atomic E-state index is -1.06. The zero-order chi connectivity index (χ0) is 31.4. The van der Waals surface area contributed by atoms with Gasteiger partial charge in [0, 0.05) is 19.1 Å². The minimum absolute atomic E-state index is 0.0172. The molecule has 3 aromatic carbocycles. The molecule has 0 unspecified atom stereocenters. The van der Waals surface area contributed by atoms with Crippen LogP contribution < -0.4 is 15.2 Å². The zero-order valence-electron chi connectivity index (χ0n) is 25.7. The number of fused-ring (bicyclic) bond motifs is 1. The molecular formula is C36H41NO8. The fraction of sp³-hybridized carbons (Fsp3) is 0.472. The van der Waals surface area contributed by atoms with Crippen molar-refractivity contribution in [2.24, 2.45) is 23.5 Å². The SMILES string of the molecule is COCCOCOc1cc2ccc(OC(=O)[C@@H](N)CCC(=O)OC(=O)c3ccccc3)cc2cc1C12CC3CC(CC(C3)C1)C2. The van der Waals surface area contributed by atoms with Crippen LogP contribution in [0.3, 0.4) is 0 Å². The Morgan fingerprint density at radius 2 is 1.60 bits per heavy atom. The first kappa shape index (κ1) is 31.2. The molecule has 0 aliphatic heterocycles. The third-order valence-electron chi connectivity index (χ3n) is 9.65. The highest BCUT2D eigenvalue weighted by atomic mass is 16.7. The molecule has 0 radical (unpaired) electrons. The van der Waals surface area contributed by atoms with Gasteiger partial charge >= 0.3 is 17.9 Å². The van der Waals surface area contributed by atoms with Gasteiger partial charge in [-0.25, -0.2) is 9.59 Å². The number of hydrogen-bond donors (Lipinski definition) is 1. The van der Waals surface area contributed by atoms with Gasteiger partial charge in [-0.05, 0) is 115 Å². The summed E-state index contributed by atoms with van der Waals surface area (Å²) in [6.45, 7) is 1.11. The molecule has 9 heteroatoms. The van der Waals surface area contributed by atoms with Crippen molar-refractivity contribution in [2.75, 3.05) is 27.1 Å². The maximum atomic E-state index is 12.8. The number of nitrogens with two attached hydrogens (primary N) is 1. The lowest BCUT2D eigenvalue weighted by Crippen LogP contribution is -2.48. The average molecular weight is 616 g/mol. The first-order chi connectivity index (χ1) is 21.8. The number of ether oxygens (including phenoxy) is 5. The standard InChI is InChI=1S/C36H41NO8/c1-41-11-12-42-22-43-32-18-27-7-8-29(16-28(27)17-30(32)36-19-23-13-24(20-36)15-25(14-23)21-36)44-35(40)31(37)9-10-33(38)45-34(39)26-5-3-2-4-6-26/h2-8,16-18,23-25,31H,9-15,19-22,37H2,1H3/t23?,24?,25?,31-,36?/m0/s1. The number of rotatable bonds is 13. The van der Waals surface area contributed by atoms with Crippen LogP contribution in [0, 0.1) is 17.8 Å². The molecule has 0 saturated heterocycles. The Morgan fingerprint density at radius 3 is 2.29 bits per heavy atom. The highest BCUT2D eigenvalue weighted by molar-refractivity contribution is 5.96. The van der Waals surface area contributed by atoms with E-state index < -0.39 is 23.9 Å². The van der Waals surface area contributed by atoms with Crippen LogP contribution in [-0.4, -0.2) is 51.1 Å². The van der Waals surface area contributed by atoms with Crippen molar-refractivity contribution in [1.82, 2.24) is 0 Å². The van der Waals surface area contributed by atoms with E-state index >= 15 is 0 Å². The van der Waals surface area contributed by atoms with Gasteiger partial charge in [0.1, 0.15) is 17.5 Å². The van der Waals surface area contributed by atoms with E-state index in [0.29, 0.717) is 19.0 Å². The van der Waals surface area contributed by atoms with Crippen molar-refractivity contribution in [3.8, 4) is 11.5 Å². The fourth-order valence-electron chi connectivity index (χ4n) is 7.97. The lowest BCUT2D eigenvalue weighted by Gasteiger charge is -2.57. The van der Waals surface area contributed by atoms with Gasteiger partial charge in [-0.2, -0.15) is 0 Å². The van der Waals surface area contributed by atoms with E-state index in [2.05, 4.69) is 12.1 Å². The van der Waals surface area contributed by atoms with Crippen LogP contribution in [0.5, 0.6) is 11.5 Å². The molecule has 4 saturated carbocycles. The van der Waals surface area contributed by atoms with Crippen LogP contribution in [0.15, 0.2) is 60.7 Å². The smallest absolute Gasteiger partial charge is 0.345 e. The molecule has 4 aliphatic carbocycles. The topological polar surface area (TPSA) is 123 Å². The summed E-state index contributed by atoms with van der Waals surface area (Å²) in [4.78, 5) is 37.1. The number of hydrogen-bond acceptors (Lipinski definition) is 9. The summed E-state index contributed by atoms with van der Waals surface area (Å²) in [5.74, 6) is 1.36. The van der Waals surface area contributed by atoms with Crippen LogP contribution in [0.4, 0.5) is 0 Å². The molecule has 3 aromatic rings. The van der Waals surface area contributed by atoms with Crippen molar-refractivity contribution in [3.63, 3.8) is 0 Å². The van der Waals surface area contributed by atoms with Crippen LogP contribution in [-0.2, 0) is 29.2 Å². The quantitative estimate of drug-likeness (QED) is 0.0848. The Labute approximate surface area is 263 Å². The normalized spacial score (nSPS) is 23.9. The number of methoxy groups -OCH3 is 1. The molecule has 45 heavy (non-hydrogen) atoms. The van der Waals surface area contributed by atoms with Crippen LogP contribution in [0.25, 0.3) is 10.8 Å². The molecule has 7 rings (SSSR count). The minimum Gasteiger partial charge on any atom is -0.467 e. The molecule has 0 heterocycles. The van der Waals surface area contributed by atoms with E-state index in [1.807, 2.05) is 12.1 Å². The summed E-state index contributed by atoms with van der Waals surface area (Å²) in [7, 11) is 1.64. The van der Waals surface area contributed by atoms with Crippen molar-refractivity contribution < 1.29 is 38.1 Å². The number of carbonyl (C=O) groups is 3. The predicted octanol–water partition coefficient (Wildman–Crippen LogP) is 5.70. The summed E-state index contributed by atoms with van der Waals surface area (Å²) >= 11 is 0. The molecule has 238 valence electrons. The van der Waals surface area contributed by atoms with E-state index in [-0.39, 0.29) is 30.6 Å². The molecule has 1 atom stereocenters. The third-order valence-corrected chi connectivity index (χ3v) is 9.65. The predicted molar refractivity (Wildman–Crippen MR) is 167 cm³/mol. The second kappa shape index (κ2) is 13.7. The summed E-state index contributed by atoms with van der Waals surface area (Å²) in [6.07, 6.45) is 7.33.